The second-order valence-electron chi connectivity index (χ2n) is 10.2. The molecule has 0 atom stereocenters. The predicted molar refractivity (Wildman–Crippen MR) is 170 cm³/mol. The van der Waals surface area contributed by atoms with Crippen molar-refractivity contribution in [3.8, 4) is 16.8 Å². The summed E-state index contributed by atoms with van der Waals surface area (Å²) >= 11 is 0. The van der Waals surface area contributed by atoms with Gasteiger partial charge in [-0.05, 0) is 82.1 Å². The number of amides is 1. The average molecular weight is 560 g/mol. The van der Waals surface area contributed by atoms with Crippen molar-refractivity contribution in [1.29, 1.82) is 0 Å². The van der Waals surface area contributed by atoms with Gasteiger partial charge in [-0.3, -0.25) is 19.1 Å². The Morgan fingerprint density at radius 1 is 0.744 bits per heavy atom. The fraction of sp³-hybridized carbons (Fsp3) is 0.0278. The summed E-state index contributed by atoms with van der Waals surface area (Å²) in [5.74, 6) is -0.182. The van der Waals surface area contributed by atoms with Crippen molar-refractivity contribution in [3.63, 3.8) is 0 Å². The third kappa shape index (κ3) is 5.27. The lowest BCUT2D eigenvalue weighted by Crippen LogP contribution is -2.25. The van der Waals surface area contributed by atoms with Gasteiger partial charge in [0.15, 0.2) is 5.65 Å². The molecule has 43 heavy (non-hydrogen) atoms. The van der Waals surface area contributed by atoms with Crippen LogP contribution in [0.5, 0.6) is 0 Å². The zero-order chi connectivity index (χ0) is 29.2. The van der Waals surface area contributed by atoms with E-state index in [1.54, 1.807) is 23.2 Å². The molecule has 0 aliphatic heterocycles. The predicted octanol–water partition coefficient (Wildman–Crippen LogP) is 6.84. The third-order valence-electron chi connectivity index (χ3n) is 7.35. The molecule has 7 aromatic rings. The van der Waals surface area contributed by atoms with Crippen LogP contribution in [0.4, 0.5) is 5.69 Å². The van der Waals surface area contributed by atoms with Crippen molar-refractivity contribution < 1.29 is 4.79 Å². The van der Waals surface area contributed by atoms with E-state index >= 15 is 0 Å². The third-order valence-corrected chi connectivity index (χ3v) is 7.35. The highest BCUT2D eigenvalue weighted by Crippen LogP contribution is 2.26. The summed E-state index contributed by atoms with van der Waals surface area (Å²) in [6, 6.07) is 36.5. The standard InChI is InChI=1S/C36H25N5O2/c42-35(29-16-15-25-8-1-2-9-26(25)20-29)39-30-12-3-10-27(21-30)28-11-4-13-31(22-28)41-34-32(14-6-18-38-34)40-33(36(41)43)19-24-7-5-17-37-23-24/h1-18,20-23H,19H2,(H,39,42). The van der Waals surface area contributed by atoms with Crippen molar-refractivity contribution in [3.05, 3.63) is 161 Å². The molecular formula is C36H25N5O2. The maximum atomic E-state index is 13.8. The topological polar surface area (TPSA) is 89.8 Å². The zero-order valence-electron chi connectivity index (χ0n) is 23.0. The van der Waals surface area contributed by atoms with Crippen LogP contribution in [-0.4, -0.2) is 25.4 Å². The Hall–Kier alpha value is -5.95. The number of nitrogens with zero attached hydrogens (tertiary/aromatic N) is 4. The molecule has 7 nitrogen and oxygen atoms in total. The summed E-state index contributed by atoms with van der Waals surface area (Å²) in [5.41, 5.74) is 5.91. The van der Waals surface area contributed by atoms with E-state index in [-0.39, 0.29) is 11.5 Å². The van der Waals surface area contributed by atoms with Crippen LogP contribution < -0.4 is 10.9 Å². The number of nitrogens with one attached hydrogen (secondary N) is 1. The molecule has 7 rings (SSSR count). The van der Waals surface area contributed by atoms with Crippen LogP contribution in [-0.2, 0) is 6.42 Å². The van der Waals surface area contributed by atoms with Crippen LogP contribution in [0.15, 0.2) is 139 Å². The van der Waals surface area contributed by atoms with E-state index in [1.165, 1.54) is 0 Å². The first-order chi connectivity index (χ1) is 21.1. The van der Waals surface area contributed by atoms with Crippen LogP contribution in [0.25, 0.3) is 38.8 Å². The number of carbonyl (C=O) groups excluding carboxylic acids is 1. The quantitative estimate of drug-likeness (QED) is 0.241. The molecule has 0 saturated carbocycles. The number of anilines is 1. The molecule has 3 aromatic heterocycles. The first-order valence-corrected chi connectivity index (χ1v) is 13.9. The average Bonchev–Trinajstić information content (AvgIpc) is 3.05. The number of rotatable bonds is 6. The Balaban J connectivity index is 1.23. The van der Waals surface area contributed by atoms with Gasteiger partial charge in [0.05, 0.1) is 5.69 Å². The van der Waals surface area contributed by atoms with E-state index in [1.807, 2.05) is 115 Å². The van der Waals surface area contributed by atoms with E-state index in [9.17, 15) is 9.59 Å². The Morgan fingerprint density at radius 3 is 2.42 bits per heavy atom. The molecule has 4 aromatic carbocycles. The van der Waals surface area contributed by atoms with Crippen LogP contribution in [0.1, 0.15) is 21.6 Å². The molecule has 0 unspecified atom stereocenters. The molecule has 0 saturated heterocycles. The smallest absolute Gasteiger partial charge is 0.278 e. The molecule has 0 spiro atoms. The molecule has 0 aliphatic rings. The first kappa shape index (κ1) is 26.0. The summed E-state index contributed by atoms with van der Waals surface area (Å²) < 4.78 is 1.61. The molecule has 206 valence electrons. The maximum absolute atomic E-state index is 13.8. The van der Waals surface area contributed by atoms with Gasteiger partial charge >= 0.3 is 0 Å². The number of benzene rings is 4. The van der Waals surface area contributed by atoms with E-state index in [0.29, 0.717) is 40.2 Å². The summed E-state index contributed by atoms with van der Waals surface area (Å²) in [5, 5.41) is 5.12. The molecule has 7 heteroatoms. The number of fused-ring (bicyclic) bond motifs is 2. The lowest BCUT2D eigenvalue weighted by atomic mass is 10.0. The van der Waals surface area contributed by atoms with Crippen LogP contribution in [0.3, 0.4) is 0 Å². The second-order valence-corrected chi connectivity index (χ2v) is 10.2. The van der Waals surface area contributed by atoms with E-state index in [2.05, 4.69) is 20.3 Å². The van der Waals surface area contributed by atoms with E-state index in [4.69, 9.17) is 0 Å². The number of aromatic nitrogens is 4. The molecule has 0 fully saturated rings. The molecule has 0 radical (unpaired) electrons. The van der Waals surface area contributed by atoms with Gasteiger partial charge in [-0.2, -0.15) is 0 Å². The number of carbonyl (C=O) groups is 1. The SMILES string of the molecule is O=C(Nc1cccc(-c2cccc(-n3c(=O)c(Cc4cccnc4)nc4cccnc43)c2)c1)c1ccc2ccccc2c1. The Bertz CT molecular complexity index is 2190. The summed E-state index contributed by atoms with van der Waals surface area (Å²) in [6.45, 7) is 0. The minimum Gasteiger partial charge on any atom is -0.322 e. The van der Waals surface area contributed by atoms with Gasteiger partial charge in [0.25, 0.3) is 11.5 Å². The maximum Gasteiger partial charge on any atom is 0.278 e. The fourth-order valence-corrected chi connectivity index (χ4v) is 5.25. The molecule has 0 aliphatic carbocycles. The summed E-state index contributed by atoms with van der Waals surface area (Å²) in [4.78, 5) is 40.3. The molecule has 3 heterocycles. The highest BCUT2D eigenvalue weighted by Gasteiger charge is 2.15. The zero-order valence-corrected chi connectivity index (χ0v) is 23.0. The van der Waals surface area contributed by atoms with Crippen molar-refractivity contribution in [2.75, 3.05) is 5.32 Å². The normalized spacial score (nSPS) is 11.1. The van der Waals surface area contributed by atoms with Gasteiger partial charge in [0.1, 0.15) is 11.2 Å². The second kappa shape index (κ2) is 11.1. The highest BCUT2D eigenvalue weighted by molar-refractivity contribution is 6.06. The van der Waals surface area contributed by atoms with Crippen molar-refractivity contribution >= 4 is 33.5 Å². The lowest BCUT2D eigenvalue weighted by Gasteiger charge is -2.13. The van der Waals surface area contributed by atoms with Gasteiger partial charge in [0, 0.05) is 36.3 Å². The number of pyridine rings is 2. The Morgan fingerprint density at radius 2 is 1.56 bits per heavy atom. The minimum absolute atomic E-state index is 0.182. The lowest BCUT2D eigenvalue weighted by molar-refractivity contribution is 0.102. The number of hydrogen-bond acceptors (Lipinski definition) is 5. The highest BCUT2D eigenvalue weighted by atomic mass is 16.1. The van der Waals surface area contributed by atoms with E-state index < -0.39 is 0 Å². The molecule has 0 bridgehead atoms. The minimum atomic E-state index is -0.233. The first-order valence-electron chi connectivity index (χ1n) is 13.9. The van der Waals surface area contributed by atoms with E-state index in [0.717, 1.165) is 27.5 Å². The van der Waals surface area contributed by atoms with Crippen molar-refractivity contribution in [2.45, 2.75) is 6.42 Å². The van der Waals surface area contributed by atoms with Crippen molar-refractivity contribution in [2.24, 2.45) is 0 Å². The monoisotopic (exact) mass is 559 g/mol. The van der Waals surface area contributed by atoms with Gasteiger partial charge in [-0.25, -0.2) is 9.97 Å². The Labute approximate surface area is 247 Å². The fourth-order valence-electron chi connectivity index (χ4n) is 5.25. The number of hydrogen-bond donors (Lipinski definition) is 1. The van der Waals surface area contributed by atoms with Gasteiger partial charge in [-0.15, -0.1) is 0 Å². The summed E-state index contributed by atoms with van der Waals surface area (Å²) in [7, 11) is 0. The van der Waals surface area contributed by atoms with Gasteiger partial charge in [0.2, 0.25) is 0 Å². The van der Waals surface area contributed by atoms with Gasteiger partial charge in [-0.1, -0.05) is 60.7 Å². The summed E-state index contributed by atoms with van der Waals surface area (Å²) in [6.07, 6.45) is 5.46. The van der Waals surface area contributed by atoms with Crippen LogP contribution in [0.2, 0.25) is 0 Å². The molecular weight excluding hydrogens is 534 g/mol. The molecule has 1 amide bonds. The Kier molecular flexibility index (Phi) is 6.73. The van der Waals surface area contributed by atoms with Crippen molar-refractivity contribution in [1.82, 2.24) is 19.5 Å². The molecule has 1 N–H and O–H groups in total. The van der Waals surface area contributed by atoms with Gasteiger partial charge < -0.3 is 5.32 Å². The largest absolute Gasteiger partial charge is 0.322 e. The van der Waals surface area contributed by atoms with Crippen LogP contribution >= 0.6 is 0 Å². The van der Waals surface area contributed by atoms with Crippen LogP contribution in [0, 0.1) is 0 Å².